The van der Waals surface area contributed by atoms with Crippen molar-refractivity contribution < 1.29 is 5.11 Å². The molecule has 0 aromatic rings. The SMILES string of the molecule is C=C(C)/C(C)=C(/C)C(C)O. The Morgan fingerprint density at radius 2 is 1.70 bits per heavy atom. The summed E-state index contributed by atoms with van der Waals surface area (Å²) in [5.74, 6) is 0. The van der Waals surface area contributed by atoms with Crippen molar-refractivity contribution in [3.8, 4) is 0 Å². The number of rotatable bonds is 2. The molecule has 0 saturated heterocycles. The van der Waals surface area contributed by atoms with E-state index in [1.54, 1.807) is 6.92 Å². The Hall–Kier alpha value is -0.560. The highest BCUT2D eigenvalue weighted by molar-refractivity contribution is 5.30. The number of aliphatic hydroxyl groups is 1. The van der Waals surface area contributed by atoms with Gasteiger partial charge in [-0.3, -0.25) is 0 Å². The van der Waals surface area contributed by atoms with Gasteiger partial charge in [0, 0.05) is 0 Å². The zero-order chi connectivity index (χ0) is 8.31. The molecular formula is C9H16O. The summed E-state index contributed by atoms with van der Waals surface area (Å²) in [4.78, 5) is 0. The fourth-order valence-corrected chi connectivity index (χ4v) is 0.650. The smallest absolute Gasteiger partial charge is 0.0724 e. The summed E-state index contributed by atoms with van der Waals surface area (Å²) in [7, 11) is 0. The molecule has 10 heavy (non-hydrogen) atoms. The van der Waals surface area contributed by atoms with Crippen molar-refractivity contribution in [2.75, 3.05) is 0 Å². The lowest BCUT2D eigenvalue weighted by atomic mass is 10.0. The van der Waals surface area contributed by atoms with Gasteiger partial charge in [0.1, 0.15) is 0 Å². The van der Waals surface area contributed by atoms with Crippen molar-refractivity contribution >= 4 is 0 Å². The van der Waals surface area contributed by atoms with Gasteiger partial charge in [0.05, 0.1) is 6.10 Å². The largest absolute Gasteiger partial charge is 0.389 e. The molecule has 0 radical (unpaired) electrons. The summed E-state index contributed by atoms with van der Waals surface area (Å²) < 4.78 is 0. The molecule has 0 spiro atoms. The predicted molar refractivity (Wildman–Crippen MR) is 44.9 cm³/mol. The quantitative estimate of drug-likeness (QED) is 0.583. The van der Waals surface area contributed by atoms with Crippen molar-refractivity contribution in [2.24, 2.45) is 0 Å². The van der Waals surface area contributed by atoms with Crippen molar-refractivity contribution in [2.45, 2.75) is 33.8 Å². The Balaban J connectivity index is 4.50. The monoisotopic (exact) mass is 140 g/mol. The fraction of sp³-hybridized carbons (Fsp3) is 0.556. The van der Waals surface area contributed by atoms with Crippen LogP contribution in [-0.4, -0.2) is 11.2 Å². The van der Waals surface area contributed by atoms with Crippen LogP contribution in [0.4, 0.5) is 0 Å². The zero-order valence-electron chi connectivity index (χ0n) is 7.23. The van der Waals surface area contributed by atoms with Gasteiger partial charge in [0.15, 0.2) is 0 Å². The van der Waals surface area contributed by atoms with E-state index in [2.05, 4.69) is 6.58 Å². The summed E-state index contributed by atoms with van der Waals surface area (Å²) in [5, 5.41) is 9.14. The first kappa shape index (κ1) is 9.44. The lowest BCUT2D eigenvalue weighted by molar-refractivity contribution is 0.230. The third-order valence-corrected chi connectivity index (χ3v) is 1.86. The van der Waals surface area contributed by atoms with E-state index in [1.807, 2.05) is 20.8 Å². The van der Waals surface area contributed by atoms with Crippen LogP contribution in [0.2, 0.25) is 0 Å². The van der Waals surface area contributed by atoms with Crippen LogP contribution in [-0.2, 0) is 0 Å². The Morgan fingerprint density at radius 3 is 1.80 bits per heavy atom. The third kappa shape index (κ3) is 2.36. The van der Waals surface area contributed by atoms with Crippen LogP contribution in [0.3, 0.4) is 0 Å². The van der Waals surface area contributed by atoms with Crippen LogP contribution in [0.25, 0.3) is 0 Å². The molecule has 0 aliphatic heterocycles. The second-order valence-electron chi connectivity index (χ2n) is 2.76. The van der Waals surface area contributed by atoms with Gasteiger partial charge in [-0.2, -0.15) is 0 Å². The molecular weight excluding hydrogens is 124 g/mol. The van der Waals surface area contributed by atoms with Crippen molar-refractivity contribution in [1.29, 1.82) is 0 Å². The van der Waals surface area contributed by atoms with Gasteiger partial charge in [-0.05, 0) is 38.8 Å². The Bertz CT molecular complexity index is 164. The molecule has 0 aromatic carbocycles. The molecule has 1 heteroatoms. The minimum Gasteiger partial charge on any atom is -0.389 e. The minimum atomic E-state index is -0.350. The van der Waals surface area contributed by atoms with Crippen LogP contribution in [0.5, 0.6) is 0 Å². The van der Waals surface area contributed by atoms with E-state index in [1.165, 1.54) is 0 Å². The third-order valence-electron chi connectivity index (χ3n) is 1.86. The first-order valence-corrected chi connectivity index (χ1v) is 3.48. The van der Waals surface area contributed by atoms with Crippen LogP contribution in [0, 0.1) is 0 Å². The molecule has 1 unspecified atom stereocenters. The first-order valence-electron chi connectivity index (χ1n) is 3.48. The highest BCUT2D eigenvalue weighted by Crippen LogP contribution is 2.14. The van der Waals surface area contributed by atoms with Crippen LogP contribution in [0.15, 0.2) is 23.3 Å². The van der Waals surface area contributed by atoms with E-state index in [4.69, 9.17) is 5.11 Å². The first-order chi connectivity index (χ1) is 4.46. The predicted octanol–water partition coefficient (Wildman–Crippen LogP) is 2.28. The normalized spacial score (nSPS) is 16.1. The molecule has 0 aliphatic carbocycles. The minimum absolute atomic E-state index is 0.350. The molecule has 58 valence electrons. The average Bonchev–Trinajstić information content (AvgIpc) is 1.84. The van der Waals surface area contributed by atoms with Gasteiger partial charge in [-0.1, -0.05) is 12.2 Å². The number of hydrogen-bond donors (Lipinski definition) is 1. The van der Waals surface area contributed by atoms with E-state index in [0.717, 1.165) is 16.7 Å². The van der Waals surface area contributed by atoms with E-state index < -0.39 is 0 Å². The summed E-state index contributed by atoms with van der Waals surface area (Å²) in [6.07, 6.45) is -0.350. The highest BCUT2D eigenvalue weighted by Gasteiger charge is 2.02. The molecule has 0 fully saturated rings. The summed E-state index contributed by atoms with van der Waals surface area (Å²) in [6.45, 7) is 11.4. The van der Waals surface area contributed by atoms with Crippen molar-refractivity contribution in [1.82, 2.24) is 0 Å². The molecule has 1 nitrogen and oxygen atoms in total. The van der Waals surface area contributed by atoms with Crippen molar-refractivity contribution in [3.05, 3.63) is 23.3 Å². The molecule has 1 atom stereocenters. The summed E-state index contributed by atoms with van der Waals surface area (Å²) in [5.41, 5.74) is 3.14. The van der Waals surface area contributed by atoms with E-state index in [0.29, 0.717) is 0 Å². The van der Waals surface area contributed by atoms with Crippen LogP contribution in [0.1, 0.15) is 27.7 Å². The Labute approximate surface area is 63.1 Å². The zero-order valence-corrected chi connectivity index (χ0v) is 7.23. The maximum atomic E-state index is 9.14. The van der Waals surface area contributed by atoms with Gasteiger partial charge in [-0.25, -0.2) is 0 Å². The standard InChI is InChI=1S/C9H16O/c1-6(2)7(3)8(4)9(5)10/h9-10H,1H2,2-5H3/b8-7-. The molecule has 0 bridgehead atoms. The van der Waals surface area contributed by atoms with Gasteiger partial charge in [0.25, 0.3) is 0 Å². The molecule has 1 N–H and O–H groups in total. The van der Waals surface area contributed by atoms with E-state index in [-0.39, 0.29) is 6.10 Å². The maximum absolute atomic E-state index is 9.14. The Kier molecular flexibility index (Phi) is 3.37. The Morgan fingerprint density at radius 1 is 1.30 bits per heavy atom. The topological polar surface area (TPSA) is 20.2 Å². The molecule has 0 amide bonds. The summed E-state index contributed by atoms with van der Waals surface area (Å²) in [6, 6.07) is 0. The van der Waals surface area contributed by atoms with Crippen LogP contribution < -0.4 is 0 Å². The van der Waals surface area contributed by atoms with E-state index in [9.17, 15) is 0 Å². The fourth-order valence-electron chi connectivity index (χ4n) is 0.650. The van der Waals surface area contributed by atoms with Gasteiger partial charge >= 0.3 is 0 Å². The molecule has 0 heterocycles. The van der Waals surface area contributed by atoms with Gasteiger partial charge in [0.2, 0.25) is 0 Å². The lowest BCUT2D eigenvalue weighted by Gasteiger charge is -2.09. The molecule has 0 aromatic heterocycles. The molecule has 0 saturated carbocycles. The molecule has 0 rings (SSSR count). The van der Waals surface area contributed by atoms with Crippen molar-refractivity contribution in [3.63, 3.8) is 0 Å². The number of hydrogen-bond acceptors (Lipinski definition) is 1. The highest BCUT2D eigenvalue weighted by atomic mass is 16.3. The van der Waals surface area contributed by atoms with E-state index >= 15 is 0 Å². The van der Waals surface area contributed by atoms with Gasteiger partial charge in [-0.15, -0.1) is 0 Å². The lowest BCUT2D eigenvalue weighted by Crippen LogP contribution is -2.03. The second kappa shape index (κ2) is 3.57. The number of allylic oxidation sites excluding steroid dienone is 2. The van der Waals surface area contributed by atoms with Crippen LogP contribution >= 0.6 is 0 Å². The maximum Gasteiger partial charge on any atom is 0.0724 e. The molecule has 0 aliphatic rings. The summed E-state index contributed by atoms with van der Waals surface area (Å²) >= 11 is 0. The second-order valence-corrected chi connectivity index (χ2v) is 2.76. The average molecular weight is 140 g/mol. The van der Waals surface area contributed by atoms with Gasteiger partial charge < -0.3 is 5.11 Å². The number of aliphatic hydroxyl groups excluding tert-OH is 1.